The zero-order valence-corrected chi connectivity index (χ0v) is 13.9. The van der Waals surface area contributed by atoms with E-state index in [-0.39, 0.29) is 10.6 Å². The highest BCUT2D eigenvalue weighted by molar-refractivity contribution is 9.10. The maximum Gasteiger partial charge on any atom is 0.270 e. The summed E-state index contributed by atoms with van der Waals surface area (Å²) in [7, 11) is 0. The zero-order chi connectivity index (χ0) is 15.2. The summed E-state index contributed by atoms with van der Waals surface area (Å²) in [4.78, 5) is 12.9. The van der Waals surface area contributed by atoms with Crippen molar-refractivity contribution in [2.24, 2.45) is 0 Å². The number of nitrogens with zero attached hydrogens (tertiary/aromatic N) is 2. The van der Waals surface area contributed by atoms with Gasteiger partial charge in [0.15, 0.2) is 0 Å². The van der Waals surface area contributed by atoms with Gasteiger partial charge in [-0.05, 0) is 37.6 Å². The Labute approximate surface area is 134 Å². The largest absolute Gasteiger partial charge is 0.313 e. The molecule has 5 nitrogen and oxygen atoms in total. The van der Waals surface area contributed by atoms with Crippen LogP contribution in [-0.2, 0) is 6.54 Å². The van der Waals surface area contributed by atoms with E-state index in [1.165, 1.54) is 19.3 Å². The van der Waals surface area contributed by atoms with Gasteiger partial charge in [-0.15, -0.1) is 0 Å². The quantitative estimate of drug-likeness (QED) is 0.628. The molecule has 1 aromatic rings. The molecule has 0 aliphatic carbocycles. The van der Waals surface area contributed by atoms with Crippen molar-refractivity contribution in [2.45, 2.75) is 38.8 Å². The van der Waals surface area contributed by atoms with Gasteiger partial charge < -0.3 is 5.32 Å². The Kier molecular flexibility index (Phi) is 6.14. The molecule has 2 rings (SSSR count). The maximum atomic E-state index is 10.9. The Morgan fingerprint density at radius 2 is 2.24 bits per heavy atom. The molecule has 1 saturated heterocycles. The second-order valence-electron chi connectivity index (χ2n) is 5.55. The third-order valence-corrected chi connectivity index (χ3v) is 4.36. The van der Waals surface area contributed by atoms with Crippen molar-refractivity contribution >= 4 is 21.6 Å². The molecule has 0 spiro atoms. The maximum absolute atomic E-state index is 10.9. The van der Waals surface area contributed by atoms with E-state index in [9.17, 15) is 10.1 Å². The van der Waals surface area contributed by atoms with Crippen LogP contribution in [0.4, 0.5) is 5.69 Å². The fraction of sp³-hybridized carbons (Fsp3) is 0.600. The van der Waals surface area contributed by atoms with Gasteiger partial charge in [0, 0.05) is 35.7 Å². The number of benzene rings is 1. The minimum Gasteiger partial charge on any atom is -0.313 e. The molecule has 1 fully saturated rings. The second kappa shape index (κ2) is 7.87. The van der Waals surface area contributed by atoms with E-state index < -0.39 is 0 Å². The summed E-state index contributed by atoms with van der Waals surface area (Å²) in [5.74, 6) is 0. The van der Waals surface area contributed by atoms with Crippen molar-refractivity contribution in [3.63, 3.8) is 0 Å². The predicted octanol–water partition coefficient (Wildman–Crippen LogP) is 3.32. The van der Waals surface area contributed by atoms with Gasteiger partial charge in [0.25, 0.3) is 5.69 Å². The third-order valence-electron chi connectivity index (χ3n) is 3.90. The lowest BCUT2D eigenvalue weighted by molar-refractivity contribution is -0.385. The van der Waals surface area contributed by atoms with Gasteiger partial charge in [-0.25, -0.2) is 0 Å². The monoisotopic (exact) mass is 355 g/mol. The van der Waals surface area contributed by atoms with E-state index in [1.807, 2.05) is 6.07 Å². The molecule has 1 aromatic carbocycles. The van der Waals surface area contributed by atoms with E-state index in [0.29, 0.717) is 6.04 Å². The van der Waals surface area contributed by atoms with Crippen molar-refractivity contribution < 1.29 is 4.92 Å². The Morgan fingerprint density at radius 1 is 1.43 bits per heavy atom. The Hall–Kier alpha value is -0.980. The van der Waals surface area contributed by atoms with Crippen molar-refractivity contribution in [1.29, 1.82) is 0 Å². The first-order chi connectivity index (χ1) is 10.1. The molecule has 0 bridgehead atoms. The molecule has 1 aliphatic heterocycles. The molecule has 21 heavy (non-hydrogen) atoms. The molecule has 1 heterocycles. The second-order valence-corrected chi connectivity index (χ2v) is 6.47. The number of non-ortho nitro benzene ring substituents is 1. The van der Waals surface area contributed by atoms with Crippen molar-refractivity contribution in [2.75, 3.05) is 19.6 Å². The van der Waals surface area contributed by atoms with E-state index in [4.69, 9.17) is 0 Å². The molecular formula is C15H22BrN3O2. The average molecular weight is 356 g/mol. The van der Waals surface area contributed by atoms with Crippen molar-refractivity contribution in [3.8, 4) is 0 Å². The molecule has 6 heteroatoms. The Balaban J connectivity index is 2.01. The molecule has 1 unspecified atom stereocenters. The summed E-state index contributed by atoms with van der Waals surface area (Å²) in [5, 5.41) is 14.5. The van der Waals surface area contributed by atoms with Crippen LogP contribution in [0.5, 0.6) is 0 Å². The third kappa shape index (κ3) is 5.05. The van der Waals surface area contributed by atoms with E-state index in [1.54, 1.807) is 12.1 Å². The number of rotatable bonds is 6. The van der Waals surface area contributed by atoms with Crippen LogP contribution in [0.15, 0.2) is 22.7 Å². The number of nitro groups is 1. The number of halogens is 1. The number of hydrogen-bond acceptors (Lipinski definition) is 4. The van der Waals surface area contributed by atoms with Crippen LogP contribution in [-0.4, -0.2) is 35.5 Å². The van der Waals surface area contributed by atoms with Crippen molar-refractivity contribution in [3.05, 3.63) is 38.3 Å². The molecule has 116 valence electrons. The first-order valence-electron chi connectivity index (χ1n) is 7.48. The van der Waals surface area contributed by atoms with E-state index in [2.05, 4.69) is 33.1 Å². The van der Waals surface area contributed by atoms with Crippen LogP contribution in [0, 0.1) is 10.1 Å². The summed E-state index contributed by atoms with van der Waals surface area (Å²) in [5.41, 5.74) is 1.12. The van der Waals surface area contributed by atoms with E-state index in [0.717, 1.165) is 36.2 Å². The molecule has 1 atom stereocenters. The van der Waals surface area contributed by atoms with Gasteiger partial charge in [-0.1, -0.05) is 29.3 Å². The standard InChI is InChI=1S/C15H22BrN3O2/c1-2-18(11-14-5-3-4-6-17-14)10-12-7-13(16)9-15(8-12)19(20)21/h7-9,14,17H,2-6,10-11H2,1H3. The van der Waals surface area contributed by atoms with Crippen LogP contribution in [0.3, 0.4) is 0 Å². The van der Waals surface area contributed by atoms with Crippen LogP contribution < -0.4 is 5.32 Å². The number of nitro benzene ring substituents is 1. The minimum atomic E-state index is -0.340. The number of hydrogen-bond donors (Lipinski definition) is 1. The summed E-state index contributed by atoms with van der Waals surface area (Å²) in [6.07, 6.45) is 3.77. The van der Waals surface area contributed by atoms with Gasteiger partial charge in [0.1, 0.15) is 0 Å². The SMILES string of the molecule is CCN(Cc1cc(Br)cc([N+](=O)[O-])c1)CC1CCCCN1. The van der Waals surface area contributed by atoms with Gasteiger partial charge in [-0.2, -0.15) is 0 Å². The topological polar surface area (TPSA) is 58.4 Å². The number of likely N-dealkylation sites (N-methyl/N-ethyl adjacent to an activating group) is 1. The van der Waals surface area contributed by atoms with E-state index >= 15 is 0 Å². The average Bonchev–Trinajstić information content (AvgIpc) is 2.47. The van der Waals surface area contributed by atoms with Gasteiger partial charge in [-0.3, -0.25) is 15.0 Å². The van der Waals surface area contributed by atoms with Crippen LogP contribution in [0.25, 0.3) is 0 Å². The molecule has 0 aromatic heterocycles. The zero-order valence-electron chi connectivity index (χ0n) is 12.3. The highest BCUT2D eigenvalue weighted by Crippen LogP contribution is 2.22. The Bertz CT molecular complexity index is 490. The van der Waals surface area contributed by atoms with Crippen LogP contribution in [0.2, 0.25) is 0 Å². The van der Waals surface area contributed by atoms with Crippen LogP contribution >= 0.6 is 15.9 Å². The summed E-state index contributed by atoms with van der Waals surface area (Å²) < 4.78 is 0.763. The summed E-state index contributed by atoms with van der Waals surface area (Å²) in [6, 6.07) is 5.72. The highest BCUT2D eigenvalue weighted by atomic mass is 79.9. The lowest BCUT2D eigenvalue weighted by Crippen LogP contribution is -2.43. The normalized spacial score (nSPS) is 18.9. The lowest BCUT2D eigenvalue weighted by atomic mass is 10.0. The fourth-order valence-corrected chi connectivity index (χ4v) is 3.31. The number of piperidine rings is 1. The van der Waals surface area contributed by atoms with Gasteiger partial charge in [0.05, 0.1) is 4.92 Å². The van der Waals surface area contributed by atoms with Gasteiger partial charge >= 0.3 is 0 Å². The molecule has 1 N–H and O–H groups in total. The number of nitrogens with one attached hydrogen (secondary N) is 1. The molecule has 0 amide bonds. The first-order valence-corrected chi connectivity index (χ1v) is 8.27. The Morgan fingerprint density at radius 3 is 2.86 bits per heavy atom. The summed E-state index contributed by atoms with van der Waals surface area (Å²) in [6.45, 7) is 5.92. The lowest BCUT2D eigenvalue weighted by Gasteiger charge is -2.30. The van der Waals surface area contributed by atoms with Gasteiger partial charge in [0.2, 0.25) is 0 Å². The molecule has 0 radical (unpaired) electrons. The van der Waals surface area contributed by atoms with Crippen LogP contribution in [0.1, 0.15) is 31.7 Å². The van der Waals surface area contributed by atoms with Crippen molar-refractivity contribution in [1.82, 2.24) is 10.2 Å². The molecule has 0 saturated carbocycles. The molecule has 1 aliphatic rings. The fourth-order valence-electron chi connectivity index (χ4n) is 2.79. The molecular weight excluding hydrogens is 334 g/mol. The summed E-state index contributed by atoms with van der Waals surface area (Å²) >= 11 is 3.36. The smallest absolute Gasteiger partial charge is 0.270 e. The minimum absolute atomic E-state index is 0.145. The first kappa shape index (κ1) is 16.4. The predicted molar refractivity (Wildman–Crippen MR) is 87.4 cm³/mol. The highest BCUT2D eigenvalue weighted by Gasteiger charge is 2.17.